The van der Waals surface area contributed by atoms with Crippen molar-refractivity contribution >= 4 is 23.5 Å². The normalized spacial score (nSPS) is 27.6. The lowest BCUT2D eigenvalue weighted by Crippen LogP contribution is -2.60. The highest BCUT2D eigenvalue weighted by Crippen LogP contribution is 2.73. The number of alkyl halides is 2. The van der Waals surface area contributed by atoms with Crippen molar-refractivity contribution in [1.82, 2.24) is 20.0 Å². The van der Waals surface area contributed by atoms with Gasteiger partial charge in [-0.2, -0.15) is 5.10 Å². The molecule has 7 nitrogen and oxygen atoms in total. The molecule has 2 fully saturated rings. The van der Waals surface area contributed by atoms with Gasteiger partial charge in [0.05, 0.1) is 29.4 Å². The first kappa shape index (κ1) is 21.1. The fraction of sp³-hybridized carbons (Fsp3) is 0.476. The maximum Gasteiger partial charge on any atom is 0.318 e. The summed E-state index contributed by atoms with van der Waals surface area (Å²) in [4.78, 5) is 26.6. The van der Waals surface area contributed by atoms with Gasteiger partial charge in [-0.3, -0.25) is 9.48 Å². The molecule has 170 valence electrons. The van der Waals surface area contributed by atoms with Crippen molar-refractivity contribution in [3.63, 3.8) is 0 Å². The molecular weight excluding hydrogens is 447 g/mol. The average molecular weight is 468 g/mol. The molecule has 3 N–H and O–H groups in total. The number of hydrogen-bond acceptors (Lipinski definition) is 3. The van der Waals surface area contributed by atoms with Crippen LogP contribution in [0.5, 0.6) is 0 Å². The molecule has 2 aromatic rings. The molecule has 0 unspecified atom stereocenters. The molecule has 1 spiro atoms. The number of amides is 3. The molecule has 3 amide bonds. The minimum absolute atomic E-state index is 0.0728. The number of carbonyl (C=O) groups is 2. The summed E-state index contributed by atoms with van der Waals surface area (Å²) < 4.78 is 42.2. The number of benzene rings is 1. The van der Waals surface area contributed by atoms with Crippen LogP contribution in [0, 0.1) is 11.2 Å². The van der Waals surface area contributed by atoms with Crippen molar-refractivity contribution in [2.75, 3.05) is 6.54 Å². The SMILES string of the molecule is CC1(NC(=O)N2CCn3nc(-c4ccc(F)c(Cl)c4)c(C(N)=O)c3C2)CC2(C1)CC2(F)F. The standard InChI is InChI=1S/C21H21ClF3N5O2/c1-19(8-20(9-19)10-21(20,24)25)27-18(32)29-4-5-30-14(7-29)15(17(26)31)16(28-30)11-2-3-13(23)12(22)6-11/h2-3,6H,4-5,7-10H2,1H3,(H2,26,31)(H,27,32). The Morgan fingerprint density at radius 2 is 1.91 bits per heavy atom. The predicted octanol–water partition coefficient (Wildman–Crippen LogP) is 3.54. The molecule has 1 aromatic carbocycles. The van der Waals surface area contributed by atoms with Gasteiger partial charge in [0.1, 0.15) is 11.5 Å². The topological polar surface area (TPSA) is 93.2 Å². The summed E-state index contributed by atoms with van der Waals surface area (Å²) in [6.45, 7) is 2.48. The van der Waals surface area contributed by atoms with Crippen LogP contribution >= 0.6 is 11.6 Å². The van der Waals surface area contributed by atoms with E-state index in [2.05, 4.69) is 10.4 Å². The van der Waals surface area contributed by atoms with Crippen LogP contribution in [0.3, 0.4) is 0 Å². The predicted molar refractivity (Wildman–Crippen MR) is 110 cm³/mol. The second kappa shape index (κ2) is 6.63. The summed E-state index contributed by atoms with van der Waals surface area (Å²) in [6.07, 6.45) is 0.367. The Kier molecular flexibility index (Phi) is 4.37. The smallest absolute Gasteiger partial charge is 0.318 e. The van der Waals surface area contributed by atoms with Gasteiger partial charge >= 0.3 is 6.03 Å². The number of nitrogens with zero attached hydrogens (tertiary/aromatic N) is 3. The van der Waals surface area contributed by atoms with Gasteiger partial charge in [-0.1, -0.05) is 11.6 Å². The number of fused-ring (bicyclic) bond motifs is 1. The Bertz CT molecular complexity index is 1160. The lowest BCUT2D eigenvalue weighted by atomic mass is 9.66. The maximum atomic E-state index is 13.6. The van der Waals surface area contributed by atoms with Crippen LogP contribution in [-0.2, 0) is 13.1 Å². The molecule has 3 aliphatic rings. The van der Waals surface area contributed by atoms with E-state index in [4.69, 9.17) is 17.3 Å². The van der Waals surface area contributed by atoms with Gasteiger partial charge in [-0.05, 0) is 38.0 Å². The third-order valence-corrected chi connectivity index (χ3v) is 7.07. The van der Waals surface area contributed by atoms with Crippen LogP contribution in [0.1, 0.15) is 42.2 Å². The van der Waals surface area contributed by atoms with Crippen LogP contribution in [0.15, 0.2) is 18.2 Å². The van der Waals surface area contributed by atoms with Gasteiger partial charge < -0.3 is 16.0 Å². The number of primary amides is 1. The summed E-state index contributed by atoms with van der Waals surface area (Å²) in [5.41, 5.74) is 5.26. The van der Waals surface area contributed by atoms with E-state index in [1.807, 2.05) is 0 Å². The van der Waals surface area contributed by atoms with E-state index in [9.17, 15) is 22.8 Å². The van der Waals surface area contributed by atoms with Crippen molar-refractivity contribution < 1.29 is 22.8 Å². The van der Waals surface area contributed by atoms with Gasteiger partial charge in [0, 0.05) is 29.5 Å². The molecule has 1 aromatic heterocycles. The van der Waals surface area contributed by atoms with E-state index in [1.54, 1.807) is 11.6 Å². The van der Waals surface area contributed by atoms with Gasteiger partial charge in [-0.25, -0.2) is 18.0 Å². The number of aromatic nitrogens is 2. The average Bonchev–Trinajstić information content (AvgIpc) is 3.06. The molecule has 32 heavy (non-hydrogen) atoms. The number of halogens is 4. The van der Waals surface area contributed by atoms with Crippen molar-refractivity contribution in [2.45, 2.75) is 50.7 Å². The number of carbonyl (C=O) groups excluding carboxylic acids is 2. The Morgan fingerprint density at radius 3 is 2.50 bits per heavy atom. The first-order chi connectivity index (χ1) is 14.9. The fourth-order valence-electron chi connectivity index (χ4n) is 5.23. The minimum Gasteiger partial charge on any atom is -0.365 e. The van der Waals surface area contributed by atoms with Crippen LogP contribution in [0.2, 0.25) is 5.02 Å². The summed E-state index contributed by atoms with van der Waals surface area (Å²) in [6, 6.07) is 3.60. The lowest BCUT2D eigenvalue weighted by molar-refractivity contribution is -0.0158. The minimum atomic E-state index is -2.63. The van der Waals surface area contributed by atoms with Crippen molar-refractivity contribution in [1.29, 1.82) is 0 Å². The second-order valence-electron chi connectivity index (χ2n) is 9.31. The molecule has 0 radical (unpaired) electrons. The third-order valence-electron chi connectivity index (χ3n) is 6.78. The highest BCUT2D eigenvalue weighted by molar-refractivity contribution is 6.31. The van der Waals surface area contributed by atoms with E-state index in [0.29, 0.717) is 24.3 Å². The number of nitrogens with one attached hydrogen (secondary N) is 1. The molecule has 0 atom stereocenters. The zero-order valence-corrected chi connectivity index (χ0v) is 18.0. The summed E-state index contributed by atoms with van der Waals surface area (Å²) >= 11 is 5.88. The van der Waals surface area contributed by atoms with Gasteiger partial charge in [-0.15, -0.1) is 0 Å². The van der Waals surface area contributed by atoms with Crippen molar-refractivity contribution in [2.24, 2.45) is 11.1 Å². The first-order valence-electron chi connectivity index (χ1n) is 10.2. The van der Waals surface area contributed by atoms with E-state index in [-0.39, 0.29) is 48.1 Å². The molecule has 2 saturated carbocycles. The van der Waals surface area contributed by atoms with E-state index >= 15 is 0 Å². The van der Waals surface area contributed by atoms with Crippen molar-refractivity contribution in [3.8, 4) is 11.3 Å². The van der Waals surface area contributed by atoms with Gasteiger partial charge in [0.25, 0.3) is 11.8 Å². The molecule has 1 aliphatic heterocycles. The molecule has 5 rings (SSSR count). The third kappa shape index (κ3) is 3.15. The zero-order chi connectivity index (χ0) is 23.1. The second-order valence-corrected chi connectivity index (χ2v) is 9.72. The van der Waals surface area contributed by atoms with Crippen LogP contribution in [0.25, 0.3) is 11.3 Å². The Labute approximate surface area is 186 Å². The van der Waals surface area contributed by atoms with E-state index in [1.165, 1.54) is 23.1 Å². The molecular formula is C21H21ClF3N5O2. The number of nitrogens with two attached hydrogens (primary N) is 1. The highest BCUT2D eigenvalue weighted by Gasteiger charge is 2.78. The highest BCUT2D eigenvalue weighted by atomic mass is 35.5. The zero-order valence-electron chi connectivity index (χ0n) is 17.2. The fourth-order valence-corrected chi connectivity index (χ4v) is 5.41. The lowest BCUT2D eigenvalue weighted by Gasteiger charge is -2.47. The van der Waals surface area contributed by atoms with E-state index in [0.717, 1.165) is 0 Å². The molecule has 2 heterocycles. The molecule has 0 saturated heterocycles. The maximum absolute atomic E-state index is 13.6. The number of urea groups is 1. The van der Waals surface area contributed by atoms with Gasteiger partial charge in [0.15, 0.2) is 0 Å². The molecule has 11 heteroatoms. The monoisotopic (exact) mass is 467 g/mol. The number of hydrogen-bond donors (Lipinski definition) is 2. The number of rotatable bonds is 3. The quantitative estimate of drug-likeness (QED) is 0.723. The molecule has 0 bridgehead atoms. The Morgan fingerprint density at radius 1 is 1.22 bits per heavy atom. The van der Waals surface area contributed by atoms with Gasteiger partial charge in [0.2, 0.25) is 0 Å². The van der Waals surface area contributed by atoms with Crippen LogP contribution in [0.4, 0.5) is 18.0 Å². The van der Waals surface area contributed by atoms with Crippen molar-refractivity contribution in [3.05, 3.63) is 40.3 Å². The summed E-state index contributed by atoms with van der Waals surface area (Å²) in [5, 5.41) is 7.21. The largest absolute Gasteiger partial charge is 0.365 e. The summed E-state index contributed by atoms with van der Waals surface area (Å²) in [7, 11) is 0. The Hall–Kier alpha value is -2.75. The Balaban J connectivity index is 1.36. The van der Waals surface area contributed by atoms with E-state index < -0.39 is 28.6 Å². The van der Waals surface area contributed by atoms with Crippen LogP contribution in [-0.4, -0.2) is 44.6 Å². The first-order valence-corrected chi connectivity index (χ1v) is 10.6. The molecule has 2 aliphatic carbocycles. The van der Waals surface area contributed by atoms with Crippen LogP contribution < -0.4 is 11.1 Å². The summed E-state index contributed by atoms with van der Waals surface area (Å²) in [5.74, 6) is -3.96.